The van der Waals surface area contributed by atoms with E-state index in [-0.39, 0.29) is 11.3 Å². The lowest BCUT2D eigenvalue weighted by atomic mass is 9.75. The number of ketones is 1. The monoisotopic (exact) mass is 420 g/mol. The van der Waals surface area contributed by atoms with Crippen LogP contribution in [-0.4, -0.2) is 5.78 Å². The van der Waals surface area contributed by atoms with Gasteiger partial charge >= 0.3 is 0 Å². The average Bonchev–Trinajstić information content (AvgIpc) is 2.75. The molecule has 0 N–H and O–H groups in total. The summed E-state index contributed by atoms with van der Waals surface area (Å²) in [7, 11) is 0. The van der Waals surface area contributed by atoms with Crippen molar-refractivity contribution < 1.29 is 9.53 Å². The SMILES string of the molecule is CCCCCCC(C)(C)c1ccc([C@H]2CC(=O)C[C@H](C)C2)c(OCc2ccccc2)c1. The van der Waals surface area contributed by atoms with Crippen molar-refractivity contribution in [1.29, 1.82) is 0 Å². The summed E-state index contributed by atoms with van der Waals surface area (Å²) in [6.45, 7) is 9.71. The quantitative estimate of drug-likeness (QED) is 0.364. The molecule has 0 unspecified atom stereocenters. The average molecular weight is 421 g/mol. The van der Waals surface area contributed by atoms with Gasteiger partial charge in [-0.05, 0) is 52.8 Å². The smallest absolute Gasteiger partial charge is 0.133 e. The van der Waals surface area contributed by atoms with Crippen LogP contribution in [0.25, 0.3) is 0 Å². The summed E-state index contributed by atoms with van der Waals surface area (Å²) in [6.07, 6.45) is 8.76. The molecule has 0 heterocycles. The molecule has 0 radical (unpaired) electrons. The standard InChI is InChI=1S/C29H40O2/c1-5-6-7-11-16-29(3,4)25-14-15-27(24-17-22(2)18-26(30)19-24)28(20-25)31-21-23-12-9-8-10-13-23/h8-10,12-15,20,22,24H,5-7,11,16-19,21H2,1-4H3/t22-,24-/m1/s1. The van der Waals surface area contributed by atoms with E-state index in [9.17, 15) is 4.79 Å². The van der Waals surface area contributed by atoms with Crippen LogP contribution in [0.3, 0.4) is 0 Å². The molecule has 168 valence electrons. The van der Waals surface area contributed by atoms with Crippen LogP contribution >= 0.6 is 0 Å². The van der Waals surface area contributed by atoms with E-state index in [1.165, 1.54) is 48.8 Å². The van der Waals surface area contributed by atoms with E-state index >= 15 is 0 Å². The van der Waals surface area contributed by atoms with E-state index in [0.717, 1.165) is 18.6 Å². The zero-order valence-electron chi connectivity index (χ0n) is 20.0. The summed E-state index contributed by atoms with van der Waals surface area (Å²) in [5, 5.41) is 0. The topological polar surface area (TPSA) is 26.3 Å². The van der Waals surface area contributed by atoms with E-state index in [2.05, 4.69) is 70.2 Å². The molecular formula is C29H40O2. The second kappa shape index (κ2) is 11.0. The van der Waals surface area contributed by atoms with Crippen molar-refractivity contribution in [3.05, 3.63) is 65.2 Å². The normalized spacial score (nSPS) is 19.4. The van der Waals surface area contributed by atoms with Gasteiger partial charge in [-0.1, -0.05) is 95.8 Å². The van der Waals surface area contributed by atoms with Crippen LogP contribution in [0.15, 0.2) is 48.5 Å². The highest BCUT2D eigenvalue weighted by molar-refractivity contribution is 5.80. The first-order chi connectivity index (χ1) is 14.9. The van der Waals surface area contributed by atoms with Crippen molar-refractivity contribution in [2.24, 2.45) is 5.92 Å². The summed E-state index contributed by atoms with van der Waals surface area (Å²) in [5.74, 6) is 2.07. The molecule has 0 aliphatic heterocycles. The maximum absolute atomic E-state index is 12.3. The van der Waals surface area contributed by atoms with Gasteiger partial charge in [0.25, 0.3) is 0 Å². The van der Waals surface area contributed by atoms with Crippen molar-refractivity contribution in [2.75, 3.05) is 0 Å². The number of unbranched alkanes of at least 4 members (excludes halogenated alkanes) is 3. The second-order valence-corrected chi connectivity index (χ2v) is 10.2. The minimum Gasteiger partial charge on any atom is -0.489 e. The molecule has 2 aromatic rings. The van der Waals surface area contributed by atoms with Gasteiger partial charge in [-0.2, -0.15) is 0 Å². The Bertz CT molecular complexity index is 837. The van der Waals surface area contributed by atoms with E-state index in [0.29, 0.717) is 24.7 Å². The number of carbonyl (C=O) groups excluding carboxylic acids is 1. The van der Waals surface area contributed by atoms with E-state index < -0.39 is 0 Å². The zero-order valence-corrected chi connectivity index (χ0v) is 20.0. The Kier molecular flexibility index (Phi) is 8.35. The number of ether oxygens (including phenoxy) is 1. The van der Waals surface area contributed by atoms with Crippen LogP contribution in [-0.2, 0) is 16.8 Å². The predicted octanol–water partition coefficient (Wildman–Crippen LogP) is 7.99. The molecule has 3 rings (SSSR count). The highest BCUT2D eigenvalue weighted by atomic mass is 16.5. The van der Waals surface area contributed by atoms with Gasteiger partial charge in [-0.3, -0.25) is 4.79 Å². The van der Waals surface area contributed by atoms with Crippen molar-refractivity contribution in [2.45, 2.75) is 97.0 Å². The van der Waals surface area contributed by atoms with Crippen LogP contribution in [0.4, 0.5) is 0 Å². The number of hydrogen-bond donors (Lipinski definition) is 0. The molecule has 0 aromatic heterocycles. The van der Waals surface area contributed by atoms with Gasteiger partial charge < -0.3 is 4.74 Å². The van der Waals surface area contributed by atoms with Crippen LogP contribution in [0.2, 0.25) is 0 Å². The number of carbonyl (C=O) groups is 1. The van der Waals surface area contributed by atoms with Crippen LogP contribution < -0.4 is 4.74 Å². The third kappa shape index (κ3) is 6.69. The number of Topliss-reactive ketones (excluding diaryl/α,β-unsaturated/α-hetero) is 1. The first-order valence-corrected chi connectivity index (χ1v) is 12.2. The third-order valence-electron chi connectivity index (χ3n) is 6.86. The molecular weight excluding hydrogens is 380 g/mol. The van der Waals surface area contributed by atoms with Crippen molar-refractivity contribution >= 4 is 5.78 Å². The molecule has 2 nitrogen and oxygen atoms in total. The lowest BCUT2D eigenvalue weighted by Gasteiger charge is -2.30. The van der Waals surface area contributed by atoms with Crippen molar-refractivity contribution in [1.82, 2.24) is 0 Å². The van der Waals surface area contributed by atoms with Crippen LogP contribution in [0.1, 0.15) is 102 Å². The van der Waals surface area contributed by atoms with Gasteiger partial charge in [0, 0.05) is 12.8 Å². The second-order valence-electron chi connectivity index (χ2n) is 10.2. The summed E-state index contributed by atoms with van der Waals surface area (Å²) in [4.78, 5) is 12.3. The Morgan fingerprint density at radius 2 is 1.77 bits per heavy atom. The fraction of sp³-hybridized carbons (Fsp3) is 0.552. The number of benzene rings is 2. The van der Waals surface area contributed by atoms with Crippen molar-refractivity contribution in [3.63, 3.8) is 0 Å². The largest absolute Gasteiger partial charge is 0.489 e. The van der Waals surface area contributed by atoms with Crippen LogP contribution in [0.5, 0.6) is 5.75 Å². The number of rotatable bonds is 10. The minimum absolute atomic E-state index is 0.118. The summed E-state index contributed by atoms with van der Waals surface area (Å²) >= 11 is 0. The highest BCUT2D eigenvalue weighted by Crippen LogP contribution is 2.41. The molecule has 0 bridgehead atoms. The maximum atomic E-state index is 12.3. The Hall–Kier alpha value is -2.09. The summed E-state index contributed by atoms with van der Waals surface area (Å²) in [5.41, 5.74) is 3.84. The molecule has 2 atom stereocenters. The first kappa shape index (κ1) is 23.6. The molecule has 2 aromatic carbocycles. The van der Waals surface area contributed by atoms with E-state index in [1.54, 1.807) is 0 Å². The predicted molar refractivity (Wildman–Crippen MR) is 130 cm³/mol. The lowest BCUT2D eigenvalue weighted by molar-refractivity contribution is -0.121. The molecule has 1 aliphatic carbocycles. The molecule has 1 saturated carbocycles. The lowest BCUT2D eigenvalue weighted by Crippen LogP contribution is -2.21. The Morgan fingerprint density at radius 3 is 2.48 bits per heavy atom. The summed E-state index contributed by atoms with van der Waals surface area (Å²) in [6, 6.07) is 17.1. The highest BCUT2D eigenvalue weighted by Gasteiger charge is 2.29. The van der Waals surface area contributed by atoms with Gasteiger partial charge in [0.2, 0.25) is 0 Å². The van der Waals surface area contributed by atoms with Gasteiger partial charge in [0.05, 0.1) is 0 Å². The molecule has 1 aliphatic rings. The Balaban J connectivity index is 1.84. The minimum atomic E-state index is 0.118. The Labute approximate surface area is 189 Å². The van der Waals surface area contributed by atoms with E-state index in [4.69, 9.17) is 4.74 Å². The fourth-order valence-corrected chi connectivity index (χ4v) is 4.93. The molecule has 0 spiro atoms. The summed E-state index contributed by atoms with van der Waals surface area (Å²) < 4.78 is 6.41. The number of hydrogen-bond acceptors (Lipinski definition) is 2. The molecule has 0 amide bonds. The molecule has 31 heavy (non-hydrogen) atoms. The van der Waals surface area contributed by atoms with Crippen molar-refractivity contribution in [3.8, 4) is 5.75 Å². The van der Waals surface area contributed by atoms with Gasteiger partial charge in [0.15, 0.2) is 0 Å². The maximum Gasteiger partial charge on any atom is 0.133 e. The first-order valence-electron chi connectivity index (χ1n) is 12.2. The van der Waals surface area contributed by atoms with Gasteiger partial charge in [-0.25, -0.2) is 0 Å². The van der Waals surface area contributed by atoms with Gasteiger partial charge in [0.1, 0.15) is 18.1 Å². The van der Waals surface area contributed by atoms with Crippen LogP contribution in [0, 0.1) is 5.92 Å². The zero-order chi connectivity index (χ0) is 22.3. The van der Waals surface area contributed by atoms with E-state index in [1.807, 2.05) is 6.07 Å². The molecule has 0 saturated heterocycles. The molecule has 1 fully saturated rings. The third-order valence-corrected chi connectivity index (χ3v) is 6.86. The molecule has 2 heteroatoms. The fourth-order valence-electron chi connectivity index (χ4n) is 4.93. The van der Waals surface area contributed by atoms with Gasteiger partial charge in [-0.15, -0.1) is 0 Å². The Morgan fingerprint density at radius 1 is 1.00 bits per heavy atom.